The van der Waals surface area contributed by atoms with Crippen LogP contribution < -0.4 is 10.6 Å². The van der Waals surface area contributed by atoms with Gasteiger partial charge in [-0.05, 0) is 24.8 Å². The Labute approximate surface area is 123 Å². The molecule has 0 atom stereocenters. The molecule has 0 unspecified atom stereocenters. The quantitative estimate of drug-likeness (QED) is 0.924. The molecule has 0 saturated heterocycles. The molecule has 1 aliphatic rings. The lowest BCUT2D eigenvalue weighted by Crippen LogP contribution is -2.29. The molecule has 0 aliphatic heterocycles. The van der Waals surface area contributed by atoms with Crippen LogP contribution in [-0.4, -0.2) is 18.6 Å². The monoisotopic (exact) mass is 301 g/mol. The predicted octanol–water partition coefficient (Wildman–Crippen LogP) is 3.58. The standard InChI is InChI=1S/C15H22F3N3/c1-21(10-11-5-3-2-4-6-11)14-12(9-19)7-8-13(20-14)15(16,17)18/h7-8,11H,2-6,9-10,19H2,1H3. The summed E-state index contributed by atoms with van der Waals surface area (Å²) >= 11 is 0. The molecular weight excluding hydrogens is 279 g/mol. The molecule has 0 bridgehead atoms. The van der Waals surface area contributed by atoms with Crippen LogP contribution in [0.1, 0.15) is 43.4 Å². The Kier molecular flexibility index (Phi) is 5.08. The summed E-state index contributed by atoms with van der Waals surface area (Å²) in [4.78, 5) is 5.63. The molecule has 2 N–H and O–H groups in total. The van der Waals surface area contributed by atoms with Crippen LogP contribution in [-0.2, 0) is 12.7 Å². The van der Waals surface area contributed by atoms with Crippen molar-refractivity contribution in [2.24, 2.45) is 11.7 Å². The molecule has 1 saturated carbocycles. The van der Waals surface area contributed by atoms with Crippen LogP contribution in [0.3, 0.4) is 0 Å². The number of alkyl halides is 3. The molecule has 21 heavy (non-hydrogen) atoms. The summed E-state index contributed by atoms with van der Waals surface area (Å²) in [7, 11) is 1.80. The fourth-order valence-corrected chi connectivity index (χ4v) is 2.97. The topological polar surface area (TPSA) is 42.2 Å². The van der Waals surface area contributed by atoms with E-state index in [0.717, 1.165) is 25.5 Å². The van der Waals surface area contributed by atoms with E-state index in [9.17, 15) is 13.2 Å². The summed E-state index contributed by atoms with van der Waals surface area (Å²) < 4.78 is 38.4. The third-order valence-corrected chi connectivity index (χ3v) is 4.08. The van der Waals surface area contributed by atoms with Crippen molar-refractivity contribution in [2.45, 2.75) is 44.8 Å². The summed E-state index contributed by atoms with van der Waals surface area (Å²) in [5.74, 6) is 0.892. The molecule has 6 heteroatoms. The van der Waals surface area contributed by atoms with E-state index in [-0.39, 0.29) is 6.54 Å². The molecule has 1 heterocycles. The zero-order valence-electron chi connectivity index (χ0n) is 12.3. The van der Waals surface area contributed by atoms with Gasteiger partial charge >= 0.3 is 6.18 Å². The normalized spacial score (nSPS) is 17.0. The Morgan fingerprint density at radius 3 is 2.48 bits per heavy atom. The van der Waals surface area contributed by atoms with Crippen LogP contribution in [0.2, 0.25) is 0 Å². The first kappa shape index (κ1) is 16.1. The van der Waals surface area contributed by atoms with Gasteiger partial charge in [0.1, 0.15) is 11.5 Å². The number of hydrogen-bond donors (Lipinski definition) is 1. The van der Waals surface area contributed by atoms with Gasteiger partial charge in [0, 0.05) is 25.7 Å². The maximum absolute atomic E-state index is 12.8. The van der Waals surface area contributed by atoms with Crippen molar-refractivity contribution < 1.29 is 13.2 Å². The number of pyridine rings is 1. The largest absolute Gasteiger partial charge is 0.433 e. The maximum Gasteiger partial charge on any atom is 0.433 e. The van der Waals surface area contributed by atoms with Gasteiger partial charge in [0.25, 0.3) is 0 Å². The Balaban J connectivity index is 2.19. The summed E-state index contributed by atoms with van der Waals surface area (Å²) in [6.45, 7) is 0.927. The van der Waals surface area contributed by atoms with E-state index >= 15 is 0 Å². The third-order valence-electron chi connectivity index (χ3n) is 4.08. The van der Waals surface area contributed by atoms with E-state index in [4.69, 9.17) is 5.73 Å². The Hall–Kier alpha value is -1.30. The van der Waals surface area contributed by atoms with Gasteiger partial charge in [-0.15, -0.1) is 0 Å². The van der Waals surface area contributed by atoms with Crippen LogP contribution in [0.25, 0.3) is 0 Å². The zero-order valence-corrected chi connectivity index (χ0v) is 12.3. The first-order chi connectivity index (χ1) is 9.91. The number of aromatic nitrogens is 1. The van der Waals surface area contributed by atoms with Crippen LogP contribution in [0, 0.1) is 5.92 Å². The van der Waals surface area contributed by atoms with Crippen LogP contribution in [0.5, 0.6) is 0 Å². The van der Waals surface area contributed by atoms with Gasteiger partial charge in [-0.3, -0.25) is 0 Å². The second-order valence-electron chi connectivity index (χ2n) is 5.77. The molecule has 3 nitrogen and oxygen atoms in total. The number of hydrogen-bond acceptors (Lipinski definition) is 3. The summed E-state index contributed by atoms with van der Waals surface area (Å²) in [6.07, 6.45) is 1.53. The first-order valence-electron chi connectivity index (χ1n) is 7.40. The third kappa shape index (κ3) is 4.09. The average Bonchev–Trinajstić information content (AvgIpc) is 2.46. The lowest BCUT2D eigenvalue weighted by molar-refractivity contribution is -0.141. The molecule has 0 spiro atoms. The van der Waals surface area contributed by atoms with Crippen LogP contribution in [0.4, 0.5) is 19.0 Å². The number of rotatable bonds is 4. The molecule has 1 aromatic rings. The molecule has 0 amide bonds. The van der Waals surface area contributed by atoms with Crippen molar-refractivity contribution in [3.05, 3.63) is 23.4 Å². The van der Waals surface area contributed by atoms with Crippen molar-refractivity contribution in [3.8, 4) is 0 Å². The van der Waals surface area contributed by atoms with Crippen molar-refractivity contribution in [2.75, 3.05) is 18.5 Å². The summed E-state index contributed by atoms with van der Waals surface area (Å²) in [6, 6.07) is 2.43. The SMILES string of the molecule is CN(CC1CCCCC1)c1nc(C(F)(F)F)ccc1CN. The minimum absolute atomic E-state index is 0.190. The van der Waals surface area contributed by atoms with Gasteiger partial charge in [0.15, 0.2) is 0 Å². The minimum Gasteiger partial charge on any atom is -0.359 e. The second-order valence-corrected chi connectivity index (χ2v) is 5.77. The van der Waals surface area contributed by atoms with Crippen molar-refractivity contribution >= 4 is 5.82 Å². The van der Waals surface area contributed by atoms with Gasteiger partial charge in [0.05, 0.1) is 0 Å². The van der Waals surface area contributed by atoms with E-state index in [2.05, 4.69) is 4.98 Å². The van der Waals surface area contributed by atoms with Gasteiger partial charge in [-0.2, -0.15) is 13.2 Å². The molecule has 118 valence electrons. The Bertz CT molecular complexity index is 468. The maximum atomic E-state index is 12.8. The number of anilines is 1. The van der Waals surface area contributed by atoms with E-state index in [0.29, 0.717) is 17.3 Å². The number of nitrogens with zero attached hydrogens (tertiary/aromatic N) is 2. The van der Waals surface area contributed by atoms with Gasteiger partial charge in [-0.25, -0.2) is 4.98 Å². The summed E-state index contributed by atoms with van der Waals surface area (Å²) in [5.41, 5.74) is 5.43. The van der Waals surface area contributed by atoms with Crippen LogP contribution >= 0.6 is 0 Å². The lowest BCUT2D eigenvalue weighted by atomic mass is 9.89. The van der Waals surface area contributed by atoms with E-state index in [1.165, 1.54) is 25.3 Å². The van der Waals surface area contributed by atoms with Crippen LogP contribution in [0.15, 0.2) is 12.1 Å². The zero-order chi connectivity index (χ0) is 15.5. The molecule has 0 aromatic carbocycles. The predicted molar refractivity (Wildman–Crippen MR) is 77.0 cm³/mol. The van der Waals surface area contributed by atoms with Crippen molar-refractivity contribution in [3.63, 3.8) is 0 Å². The van der Waals surface area contributed by atoms with E-state index in [1.807, 2.05) is 4.90 Å². The highest BCUT2D eigenvalue weighted by Crippen LogP contribution is 2.31. The van der Waals surface area contributed by atoms with Gasteiger partial charge < -0.3 is 10.6 Å². The molecule has 1 fully saturated rings. The highest BCUT2D eigenvalue weighted by atomic mass is 19.4. The van der Waals surface area contributed by atoms with Gasteiger partial charge in [0.2, 0.25) is 0 Å². The minimum atomic E-state index is -4.42. The Morgan fingerprint density at radius 2 is 1.90 bits per heavy atom. The first-order valence-corrected chi connectivity index (χ1v) is 7.40. The summed E-state index contributed by atoms with van der Waals surface area (Å²) in [5, 5.41) is 0. The van der Waals surface area contributed by atoms with Crippen molar-refractivity contribution in [1.82, 2.24) is 4.98 Å². The number of halogens is 3. The van der Waals surface area contributed by atoms with E-state index < -0.39 is 11.9 Å². The highest BCUT2D eigenvalue weighted by Gasteiger charge is 2.33. The molecule has 1 aliphatic carbocycles. The second kappa shape index (κ2) is 6.64. The smallest absolute Gasteiger partial charge is 0.359 e. The van der Waals surface area contributed by atoms with Crippen molar-refractivity contribution in [1.29, 1.82) is 0 Å². The lowest BCUT2D eigenvalue weighted by Gasteiger charge is -2.29. The van der Waals surface area contributed by atoms with Gasteiger partial charge in [-0.1, -0.05) is 25.3 Å². The molecule has 0 radical (unpaired) electrons. The van der Waals surface area contributed by atoms with E-state index in [1.54, 1.807) is 7.05 Å². The fourth-order valence-electron chi connectivity index (χ4n) is 2.97. The highest BCUT2D eigenvalue weighted by molar-refractivity contribution is 5.47. The molecular formula is C15H22F3N3. The molecule has 1 aromatic heterocycles. The average molecular weight is 301 g/mol. The molecule has 2 rings (SSSR count). The number of nitrogens with two attached hydrogens (primary N) is 1. The fraction of sp³-hybridized carbons (Fsp3) is 0.667. The Morgan fingerprint density at radius 1 is 1.24 bits per heavy atom.